The molecule has 0 spiro atoms. The minimum absolute atomic E-state index is 0.114. The first kappa shape index (κ1) is 18.1. The number of benzene rings is 2. The van der Waals surface area contributed by atoms with Gasteiger partial charge in [-0.15, -0.1) is 0 Å². The van der Waals surface area contributed by atoms with Gasteiger partial charge in [-0.2, -0.15) is 0 Å². The van der Waals surface area contributed by atoms with Crippen molar-refractivity contribution in [2.45, 2.75) is 6.54 Å². The van der Waals surface area contributed by atoms with Crippen molar-refractivity contribution < 1.29 is 4.79 Å². The van der Waals surface area contributed by atoms with Crippen LogP contribution in [-0.2, 0) is 6.54 Å². The molecule has 7 heteroatoms. The van der Waals surface area contributed by atoms with Crippen LogP contribution in [0.1, 0.15) is 15.9 Å². The zero-order chi connectivity index (χ0) is 18.8. The molecule has 0 radical (unpaired) electrons. The number of carbonyl (C=O) groups is 1. The summed E-state index contributed by atoms with van der Waals surface area (Å²) in [6.07, 6.45) is 3.47. The van der Waals surface area contributed by atoms with E-state index >= 15 is 0 Å². The molecule has 0 N–H and O–H groups in total. The Morgan fingerprint density at radius 2 is 1.96 bits per heavy atom. The normalized spacial score (nSPS) is 10.9. The molecule has 0 aliphatic rings. The molecule has 0 aliphatic carbocycles. The number of rotatable bonds is 4. The van der Waals surface area contributed by atoms with E-state index in [9.17, 15) is 4.79 Å². The monoisotopic (exact) mass is 457 g/mol. The Labute approximate surface area is 173 Å². The van der Waals surface area contributed by atoms with E-state index < -0.39 is 0 Å². The van der Waals surface area contributed by atoms with Gasteiger partial charge in [0.2, 0.25) is 0 Å². The lowest BCUT2D eigenvalue weighted by Crippen LogP contribution is -2.30. The van der Waals surface area contributed by atoms with E-state index in [2.05, 4.69) is 25.9 Å². The zero-order valence-corrected chi connectivity index (χ0v) is 17.1. The molecule has 4 nitrogen and oxygen atoms in total. The van der Waals surface area contributed by atoms with E-state index in [1.165, 1.54) is 11.3 Å². The number of carbonyl (C=O) groups excluding carboxylic acids is 1. The number of amides is 1. The highest BCUT2D eigenvalue weighted by molar-refractivity contribution is 9.10. The van der Waals surface area contributed by atoms with Gasteiger partial charge in [-0.05, 0) is 54.1 Å². The zero-order valence-electron chi connectivity index (χ0n) is 14.0. The van der Waals surface area contributed by atoms with E-state index in [0.717, 1.165) is 20.3 Å². The summed E-state index contributed by atoms with van der Waals surface area (Å²) in [4.78, 5) is 23.7. The van der Waals surface area contributed by atoms with Gasteiger partial charge < -0.3 is 0 Å². The van der Waals surface area contributed by atoms with Crippen molar-refractivity contribution in [1.82, 2.24) is 9.97 Å². The molecule has 0 bridgehead atoms. The minimum atomic E-state index is -0.114. The molecule has 0 unspecified atom stereocenters. The van der Waals surface area contributed by atoms with Crippen molar-refractivity contribution in [3.8, 4) is 0 Å². The Morgan fingerprint density at radius 3 is 2.70 bits per heavy atom. The van der Waals surface area contributed by atoms with Gasteiger partial charge in [-0.1, -0.05) is 44.9 Å². The van der Waals surface area contributed by atoms with Crippen LogP contribution < -0.4 is 4.90 Å². The summed E-state index contributed by atoms with van der Waals surface area (Å²) < 4.78 is 1.87. The van der Waals surface area contributed by atoms with Crippen LogP contribution in [0.2, 0.25) is 5.02 Å². The standard InChI is InChI=1S/C20H13BrClN3OS/c21-15-5-3-14(4-6-15)19(26)25(12-13-2-1-9-23-11-13)20-24-17-8-7-16(22)10-18(17)27-20/h1-11H,12H2. The van der Waals surface area contributed by atoms with Gasteiger partial charge in [0, 0.05) is 27.5 Å². The number of hydrogen-bond donors (Lipinski definition) is 0. The van der Waals surface area contributed by atoms with Crippen LogP contribution in [0.25, 0.3) is 10.2 Å². The van der Waals surface area contributed by atoms with Crippen molar-refractivity contribution >= 4 is 60.1 Å². The fourth-order valence-electron chi connectivity index (χ4n) is 2.65. The lowest BCUT2D eigenvalue weighted by Gasteiger charge is -2.20. The number of anilines is 1. The molecule has 0 atom stereocenters. The third-order valence-electron chi connectivity index (χ3n) is 3.97. The lowest BCUT2D eigenvalue weighted by atomic mass is 10.2. The maximum absolute atomic E-state index is 13.2. The first-order valence-corrected chi connectivity index (χ1v) is 10.1. The van der Waals surface area contributed by atoms with Crippen LogP contribution in [0.5, 0.6) is 0 Å². The number of halogens is 2. The second kappa shape index (κ2) is 7.76. The molecule has 134 valence electrons. The molecule has 0 aliphatic heterocycles. The molecule has 2 aromatic carbocycles. The summed E-state index contributed by atoms with van der Waals surface area (Å²) in [5.74, 6) is -0.114. The minimum Gasteiger partial charge on any atom is -0.279 e. The van der Waals surface area contributed by atoms with Crippen molar-refractivity contribution in [2.24, 2.45) is 0 Å². The molecule has 0 fully saturated rings. The van der Waals surface area contributed by atoms with Crippen LogP contribution in [0.3, 0.4) is 0 Å². The highest BCUT2D eigenvalue weighted by Gasteiger charge is 2.22. The summed E-state index contributed by atoms with van der Waals surface area (Å²) >= 11 is 10.9. The largest absolute Gasteiger partial charge is 0.279 e. The van der Waals surface area contributed by atoms with Crippen molar-refractivity contribution in [1.29, 1.82) is 0 Å². The van der Waals surface area contributed by atoms with Gasteiger partial charge in [0.15, 0.2) is 5.13 Å². The van der Waals surface area contributed by atoms with Gasteiger partial charge in [0.1, 0.15) is 0 Å². The second-order valence-electron chi connectivity index (χ2n) is 5.87. The quantitative estimate of drug-likeness (QED) is 0.379. The predicted octanol–water partition coefficient (Wildman–Crippen LogP) is 5.95. The van der Waals surface area contributed by atoms with Crippen molar-refractivity contribution in [3.05, 3.63) is 87.6 Å². The highest BCUT2D eigenvalue weighted by atomic mass is 79.9. The Bertz CT molecular complexity index is 1100. The van der Waals surface area contributed by atoms with Crippen LogP contribution in [0, 0.1) is 0 Å². The molecule has 0 saturated heterocycles. The van der Waals surface area contributed by atoms with Crippen molar-refractivity contribution in [2.75, 3.05) is 4.90 Å². The number of nitrogens with zero attached hydrogens (tertiary/aromatic N) is 3. The van der Waals surface area contributed by atoms with E-state index in [4.69, 9.17) is 11.6 Å². The van der Waals surface area contributed by atoms with Gasteiger partial charge in [-0.25, -0.2) is 4.98 Å². The van der Waals surface area contributed by atoms with Crippen LogP contribution in [-0.4, -0.2) is 15.9 Å². The lowest BCUT2D eigenvalue weighted by molar-refractivity contribution is 0.0985. The molecule has 27 heavy (non-hydrogen) atoms. The fourth-order valence-corrected chi connectivity index (χ4v) is 4.15. The predicted molar refractivity (Wildman–Crippen MR) is 114 cm³/mol. The van der Waals surface area contributed by atoms with E-state index in [-0.39, 0.29) is 5.91 Å². The average molecular weight is 459 g/mol. The molecule has 1 amide bonds. The van der Waals surface area contributed by atoms with Crippen LogP contribution >= 0.6 is 38.9 Å². The van der Waals surface area contributed by atoms with E-state index in [1.807, 2.05) is 36.4 Å². The molecular formula is C20H13BrClN3OS. The van der Waals surface area contributed by atoms with Crippen LogP contribution in [0.15, 0.2) is 71.5 Å². The Balaban J connectivity index is 1.76. The number of aromatic nitrogens is 2. The maximum atomic E-state index is 13.2. The second-order valence-corrected chi connectivity index (χ2v) is 8.23. The smallest absolute Gasteiger partial charge is 0.260 e. The summed E-state index contributed by atoms with van der Waals surface area (Å²) in [6.45, 7) is 0.385. The number of hydrogen-bond acceptors (Lipinski definition) is 4. The van der Waals surface area contributed by atoms with Gasteiger partial charge in [-0.3, -0.25) is 14.7 Å². The Hall–Kier alpha value is -2.28. The van der Waals surface area contributed by atoms with E-state index in [1.54, 1.807) is 35.5 Å². The molecule has 2 aromatic heterocycles. The highest BCUT2D eigenvalue weighted by Crippen LogP contribution is 2.32. The summed E-state index contributed by atoms with van der Waals surface area (Å²) in [5.41, 5.74) is 2.35. The third-order valence-corrected chi connectivity index (χ3v) is 5.77. The van der Waals surface area contributed by atoms with Crippen LogP contribution in [0.4, 0.5) is 5.13 Å². The molecular weight excluding hydrogens is 446 g/mol. The van der Waals surface area contributed by atoms with Crippen molar-refractivity contribution in [3.63, 3.8) is 0 Å². The average Bonchev–Trinajstić information content (AvgIpc) is 3.10. The summed E-state index contributed by atoms with van der Waals surface area (Å²) in [5, 5.41) is 1.28. The number of pyridine rings is 1. The van der Waals surface area contributed by atoms with Gasteiger partial charge >= 0.3 is 0 Å². The Morgan fingerprint density at radius 1 is 1.15 bits per heavy atom. The topological polar surface area (TPSA) is 46.1 Å². The third kappa shape index (κ3) is 4.03. The first-order chi connectivity index (χ1) is 13.1. The Kier molecular flexibility index (Phi) is 5.20. The molecule has 4 rings (SSSR count). The SMILES string of the molecule is O=C(c1ccc(Br)cc1)N(Cc1cccnc1)c1nc2ccc(Cl)cc2s1. The molecule has 0 saturated carbocycles. The fraction of sp³-hybridized carbons (Fsp3) is 0.0500. The van der Waals surface area contributed by atoms with Gasteiger partial charge in [0.05, 0.1) is 16.8 Å². The number of thiazole rings is 1. The maximum Gasteiger partial charge on any atom is 0.260 e. The van der Waals surface area contributed by atoms with Gasteiger partial charge in [0.25, 0.3) is 5.91 Å². The summed E-state index contributed by atoms with van der Waals surface area (Å²) in [6, 6.07) is 16.6. The first-order valence-electron chi connectivity index (χ1n) is 8.12. The summed E-state index contributed by atoms with van der Waals surface area (Å²) in [7, 11) is 0. The van der Waals surface area contributed by atoms with E-state index in [0.29, 0.717) is 22.3 Å². The molecule has 4 aromatic rings. The molecule has 2 heterocycles. The number of fused-ring (bicyclic) bond motifs is 1.